The van der Waals surface area contributed by atoms with E-state index in [9.17, 15) is 9.59 Å². The molecule has 2 rings (SSSR count). The van der Waals surface area contributed by atoms with Gasteiger partial charge in [0.05, 0.1) is 26.2 Å². The normalized spacial score (nSPS) is 17.8. The van der Waals surface area contributed by atoms with Crippen molar-refractivity contribution in [3.8, 4) is 5.75 Å². The van der Waals surface area contributed by atoms with Crippen LogP contribution in [0.2, 0.25) is 0 Å². The van der Waals surface area contributed by atoms with Crippen molar-refractivity contribution >= 4 is 11.9 Å². The molecule has 1 saturated heterocycles. The SMILES string of the molecule is CCOC(=O)C1CCCN(CC(=O)NCCc2ccc(OC)cc2)C1. The summed E-state index contributed by atoms with van der Waals surface area (Å²) in [5.41, 5.74) is 1.15. The van der Waals surface area contributed by atoms with Crippen LogP contribution in [-0.2, 0) is 20.7 Å². The van der Waals surface area contributed by atoms with E-state index in [1.807, 2.05) is 36.1 Å². The maximum Gasteiger partial charge on any atom is 0.310 e. The summed E-state index contributed by atoms with van der Waals surface area (Å²) in [6.45, 7) is 4.60. The molecule has 1 amide bonds. The minimum atomic E-state index is -0.146. The van der Waals surface area contributed by atoms with Gasteiger partial charge in [-0.05, 0) is 50.4 Å². The van der Waals surface area contributed by atoms with Crippen LogP contribution in [0.15, 0.2) is 24.3 Å². The summed E-state index contributed by atoms with van der Waals surface area (Å²) < 4.78 is 10.2. The Labute approximate surface area is 149 Å². The summed E-state index contributed by atoms with van der Waals surface area (Å²) in [7, 11) is 1.64. The highest BCUT2D eigenvalue weighted by atomic mass is 16.5. The predicted octanol–water partition coefficient (Wildman–Crippen LogP) is 1.63. The third-order valence-corrected chi connectivity index (χ3v) is 4.39. The zero-order valence-electron chi connectivity index (χ0n) is 15.1. The first kappa shape index (κ1) is 19.2. The molecule has 138 valence electrons. The van der Waals surface area contributed by atoms with Gasteiger partial charge in [-0.1, -0.05) is 12.1 Å². The molecular formula is C19H28N2O4. The lowest BCUT2D eigenvalue weighted by Crippen LogP contribution is -2.44. The smallest absolute Gasteiger partial charge is 0.310 e. The number of rotatable bonds is 8. The van der Waals surface area contributed by atoms with Gasteiger partial charge in [-0.15, -0.1) is 0 Å². The first-order valence-corrected chi connectivity index (χ1v) is 8.91. The summed E-state index contributed by atoms with van der Waals surface area (Å²) in [5.74, 6) is 0.569. The Hall–Kier alpha value is -2.08. The molecule has 0 bridgehead atoms. The molecule has 1 atom stereocenters. The molecule has 1 aromatic rings. The number of likely N-dealkylation sites (tertiary alicyclic amines) is 1. The monoisotopic (exact) mass is 348 g/mol. The largest absolute Gasteiger partial charge is 0.497 e. The van der Waals surface area contributed by atoms with Crippen molar-refractivity contribution in [2.24, 2.45) is 5.92 Å². The van der Waals surface area contributed by atoms with Crippen LogP contribution in [0.4, 0.5) is 0 Å². The van der Waals surface area contributed by atoms with Gasteiger partial charge < -0.3 is 14.8 Å². The highest BCUT2D eigenvalue weighted by Gasteiger charge is 2.27. The lowest BCUT2D eigenvalue weighted by Gasteiger charge is -2.30. The Bertz CT molecular complexity index is 559. The fraction of sp³-hybridized carbons (Fsp3) is 0.579. The molecule has 0 spiro atoms. The Morgan fingerprint density at radius 1 is 1.28 bits per heavy atom. The summed E-state index contributed by atoms with van der Waals surface area (Å²) in [6, 6.07) is 7.83. The zero-order valence-corrected chi connectivity index (χ0v) is 15.1. The molecule has 1 aromatic carbocycles. The van der Waals surface area contributed by atoms with E-state index in [4.69, 9.17) is 9.47 Å². The number of esters is 1. The molecule has 6 nitrogen and oxygen atoms in total. The zero-order chi connectivity index (χ0) is 18.1. The molecule has 1 unspecified atom stereocenters. The molecule has 1 fully saturated rings. The van der Waals surface area contributed by atoms with Crippen LogP contribution in [0.1, 0.15) is 25.3 Å². The van der Waals surface area contributed by atoms with Crippen molar-refractivity contribution in [3.63, 3.8) is 0 Å². The molecule has 1 aliphatic rings. The first-order valence-electron chi connectivity index (χ1n) is 8.91. The van der Waals surface area contributed by atoms with E-state index in [1.165, 1.54) is 0 Å². The fourth-order valence-electron chi connectivity index (χ4n) is 3.05. The average Bonchev–Trinajstić information content (AvgIpc) is 2.62. The number of ether oxygens (including phenoxy) is 2. The maximum absolute atomic E-state index is 12.1. The average molecular weight is 348 g/mol. The second-order valence-electron chi connectivity index (χ2n) is 6.27. The van der Waals surface area contributed by atoms with Crippen LogP contribution >= 0.6 is 0 Å². The number of nitrogens with zero attached hydrogens (tertiary/aromatic N) is 1. The highest BCUT2D eigenvalue weighted by molar-refractivity contribution is 5.78. The number of amides is 1. The predicted molar refractivity (Wildman–Crippen MR) is 95.5 cm³/mol. The van der Waals surface area contributed by atoms with Crippen molar-refractivity contribution in [3.05, 3.63) is 29.8 Å². The van der Waals surface area contributed by atoms with Gasteiger partial charge in [0.25, 0.3) is 0 Å². The first-order chi connectivity index (χ1) is 12.1. The number of benzene rings is 1. The number of nitrogens with one attached hydrogen (secondary N) is 1. The number of piperidine rings is 1. The molecule has 0 radical (unpaired) electrons. The molecule has 6 heteroatoms. The van der Waals surface area contributed by atoms with Crippen LogP contribution < -0.4 is 10.1 Å². The van der Waals surface area contributed by atoms with Crippen molar-refractivity contribution in [1.29, 1.82) is 0 Å². The Morgan fingerprint density at radius 2 is 2.04 bits per heavy atom. The molecule has 1 N–H and O–H groups in total. The number of hydrogen-bond donors (Lipinski definition) is 1. The van der Waals surface area contributed by atoms with E-state index in [1.54, 1.807) is 7.11 Å². The van der Waals surface area contributed by atoms with E-state index in [0.29, 0.717) is 26.2 Å². The van der Waals surface area contributed by atoms with E-state index < -0.39 is 0 Å². The summed E-state index contributed by atoms with van der Waals surface area (Å²) in [4.78, 5) is 26.0. The second-order valence-corrected chi connectivity index (χ2v) is 6.27. The minimum Gasteiger partial charge on any atom is -0.497 e. The van der Waals surface area contributed by atoms with Crippen molar-refractivity contribution < 1.29 is 19.1 Å². The molecule has 0 aromatic heterocycles. The Balaban J connectivity index is 1.69. The van der Waals surface area contributed by atoms with Crippen LogP contribution in [0, 0.1) is 5.92 Å². The van der Waals surface area contributed by atoms with Crippen molar-refractivity contribution in [2.75, 3.05) is 39.9 Å². The molecule has 1 heterocycles. The van der Waals surface area contributed by atoms with Gasteiger partial charge in [0, 0.05) is 13.1 Å². The molecule has 0 saturated carbocycles. The van der Waals surface area contributed by atoms with Crippen molar-refractivity contribution in [2.45, 2.75) is 26.2 Å². The van der Waals surface area contributed by atoms with Gasteiger partial charge in [-0.2, -0.15) is 0 Å². The molecule has 25 heavy (non-hydrogen) atoms. The van der Waals surface area contributed by atoms with Gasteiger partial charge in [-0.25, -0.2) is 0 Å². The Kier molecular flexibility index (Phi) is 7.73. The third kappa shape index (κ3) is 6.38. The summed E-state index contributed by atoms with van der Waals surface area (Å²) in [5, 5.41) is 2.95. The van der Waals surface area contributed by atoms with E-state index in [2.05, 4.69) is 5.32 Å². The van der Waals surface area contributed by atoms with E-state index in [-0.39, 0.29) is 17.8 Å². The second kappa shape index (κ2) is 10.0. The third-order valence-electron chi connectivity index (χ3n) is 4.39. The van der Waals surface area contributed by atoms with Crippen molar-refractivity contribution in [1.82, 2.24) is 10.2 Å². The highest BCUT2D eigenvalue weighted by Crippen LogP contribution is 2.17. The van der Waals surface area contributed by atoms with E-state index in [0.717, 1.165) is 37.1 Å². The van der Waals surface area contributed by atoms with Crippen LogP contribution in [0.3, 0.4) is 0 Å². The number of hydrogen-bond acceptors (Lipinski definition) is 5. The minimum absolute atomic E-state index is 0.00183. The van der Waals surface area contributed by atoms with Gasteiger partial charge >= 0.3 is 5.97 Å². The lowest BCUT2D eigenvalue weighted by atomic mass is 9.98. The summed E-state index contributed by atoms with van der Waals surface area (Å²) in [6.07, 6.45) is 2.54. The topological polar surface area (TPSA) is 67.9 Å². The summed E-state index contributed by atoms with van der Waals surface area (Å²) >= 11 is 0. The molecule has 0 aliphatic carbocycles. The number of methoxy groups -OCH3 is 1. The van der Waals surface area contributed by atoms with Gasteiger partial charge in [0.2, 0.25) is 5.91 Å². The van der Waals surface area contributed by atoms with Crippen LogP contribution in [-0.4, -0.2) is 56.7 Å². The number of carbonyl (C=O) groups excluding carboxylic acids is 2. The lowest BCUT2D eigenvalue weighted by molar-refractivity contribution is -0.150. The van der Waals surface area contributed by atoms with Crippen LogP contribution in [0.25, 0.3) is 0 Å². The van der Waals surface area contributed by atoms with Gasteiger partial charge in [0.15, 0.2) is 0 Å². The standard InChI is InChI=1S/C19H28N2O4/c1-3-25-19(23)16-5-4-12-21(13-16)14-18(22)20-11-10-15-6-8-17(24-2)9-7-15/h6-9,16H,3-5,10-14H2,1-2H3,(H,20,22). The fourth-order valence-corrected chi connectivity index (χ4v) is 3.05. The molecule has 1 aliphatic heterocycles. The van der Waals surface area contributed by atoms with E-state index >= 15 is 0 Å². The van der Waals surface area contributed by atoms with Gasteiger partial charge in [0.1, 0.15) is 5.75 Å². The Morgan fingerprint density at radius 3 is 2.72 bits per heavy atom. The number of carbonyl (C=O) groups is 2. The molecular weight excluding hydrogens is 320 g/mol. The van der Waals surface area contributed by atoms with Gasteiger partial charge in [-0.3, -0.25) is 14.5 Å². The van der Waals surface area contributed by atoms with Crippen LogP contribution in [0.5, 0.6) is 5.75 Å². The maximum atomic E-state index is 12.1. The quantitative estimate of drug-likeness (QED) is 0.723.